The van der Waals surface area contributed by atoms with E-state index in [1.807, 2.05) is 31.5 Å². The number of methoxy groups -OCH3 is 1. The van der Waals surface area contributed by atoms with Gasteiger partial charge < -0.3 is 19.4 Å². The van der Waals surface area contributed by atoms with E-state index in [0.717, 1.165) is 19.3 Å². The molecule has 1 fully saturated rings. The molecule has 1 aromatic heterocycles. The summed E-state index contributed by atoms with van der Waals surface area (Å²) in [6.07, 6.45) is 4.12. The molecule has 6 nitrogen and oxygen atoms in total. The van der Waals surface area contributed by atoms with E-state index in [2.05, 4.69) is 21.2 Å². The van der Waals surface area contributed by atoms with Crippen LogP contribution in [-0.2, 0) is 16.0 Å². The molecule has 23 heavy (non-hydrogen) atoms. The molecule has 0 saturated heterocycles. The average Bonchev–Trinajstić information content (AvgIpc) is 2.74. The van der Waals surface area contributed by atoms with Crippen molar-refractivity contribution in [3.05, 3.63) is 22.4 Å². The maximum absolute atomic E-state index is 12.1. The number of nitrogens with one attached hydrogen (secondary N) is 1. The van der Waals surface area contributed by atoms with Crippen molar-refractivity contribution in [3.8, 4) is 0 Å². The highest BCUT2D eigenvalue weighted by Crippen LogP contribution is 2.35. The minimum Gasteiger partial charge on any atom is -0.464 e. The number of rotatable bonds is 4. The molecule has 1 aliphatic carbocycles. The van der Waals surface area contributed by atoms with Gasteiger partial charge in [-0.3, -0.25) is 0 Å². The maximum atomic E-state index is 12.1. The van der Waals surface area contributed by atoms with Gasteiger partial charge >= 0.3 is 12.1 Å². The zero-order chi connectivity index (χ0) is 17.3. The standard InChI is InChI=1S/C16H23BrN2O4/c1-15(2,3)23-14(21)18-16(7-5-8-16)10-19-9-6-11(17)12(19)13(20)22-4/h6,9H,5,7-8,10H2,1-4H3,(H,18,21). The van der Waals surface area contributed by atoms with E-state index in [0.29, 0.717) is 16.7 Å². The third-order valence-corrected chi connectivity index (χ3v) is 4.48. The summed E-state index contributed by atoms with van der Waals surface area (Å²) in [6, 6.07) is 1.80. The first-order valence-electron chi connectivity index (χ1n) is 7.60. The lowest BCUT2D eigenvalue weighted by molar-refractivity contribution is 0.0355. The quantitative estimate of drug-likeness (QED) is 0.804. The number of esters is 1. The molecule has 128 valence electrons. The topological polar surface area (TPSA) is 69.6 Å². The normalized spacial score (nSPS) is 16.4. The van der Waals surface area contributed by atoms with Crippen LogP contribution in [0.15, 0.2) is 16.7 Å². The van der Waals surface area contributed by atoms with E-state index in [4.69, 9.17) is 9.47 Å². The number of halogens is 1. The van der Waals surface area contributed by atoms with Crippen LogP contribution in [0.25, 0.3) is 0 Å². The monoisotopic (exact) mass is 386 g/mol. The number of alkyl carbamates (subject to hydrolysis) is 1. The Kier molecular flexibility index (Phi) is 5.08. The summed E-state index contributed by atoms with van der Waals surface area (Å²) >= 11 is 3.36. The Balaban J connectivity index is 2.14. The Morgan fingerprint density at radius 1 is 1.39 bits per heavy atom. The first-order chi connectivity index (χ1) is 10.7. The number of nitrogens with zero attached hydrogens (tertiary/aromatic N) is 1. The van der Waals surface area contributed by atoms with Gasteiger partial charge in [-0.15, -0.1) is 0 Å². The van der Waals surface area contributed by atoms with Crippen molar-refractivity contribution in [2.75, 3.05) is 7.11 Å². The van der Waals surface area contributed by atoms with Gasteiger partial charge in [-0.05, 0) is 62.0 Å². The average molecular weight is 387 g/mol. The highest BCUT2D eigenvalue weighted by atomic mass is 79.9. The number of carbonyl (C=O) groups is 2. The van der Waals surface area contributed by atoms with Gasteiger partial charge in [0.25, 0.3) is 0 Å². The van der Waals surface area contributed by atoms with Crippen molar-refractivity contribution in [1.82, 2.24) is 9.88 Å². The Bertz CT molecular complexity index is 600. The molecule has 0 radical (unpaired) electrons. The Morgan fingerprint density at radius 3 is 2.52 bits per heavy atom. The van der Waals surface area contributed by atoms with Gasteiger partial charge in [0.15, 0.2) is 0 Å². The summed E-state index contributed by atoms with van der Waals surface area (Å²) in [5.41, 5.74) is -0.476. The molecule has 0 atom stereocenters. The van der Waals surface area contributed by atoms with Crippen LogP contribution >= 0.6 is 15.9 Å². The van der Waals surface area contributed by atoms with Gasteiger partial charge in [0.05, 0.1) is 17.1 Å². The Morgan fingerprint density at radius 2 is 2.04 bits per heavy atom. The molecule has 1 heterocycles. The molecule has 1 saturated carbocycles. The Hall–Kier alpha value is -1.50. The SMILES string of the molecule is COC(=O)c1c(Br)ccn1CC1(NC(=O)OC(C)(C)C)CCC1. The summed E-state index contributed by atoms with van der Waals surface area (Å²) in [5.74, 6) is -0.409. The number of carbonyl (C=O) groups excluding carboxylic acids is 2. The third kappa shape index (κ3) is 4.28. The molecule has 1 aliphatic rings. The molecule has 1 N–H and O–H groups in total. The van der Waals surface area contributed by atoms with Crippen molar-refractivity contribution in [2.24, 2.45) is 0 Å². The summed E-state index contributed by atoms with van der Waals surface area (Å²) in [4.78, 5) is 24.0. The molecule has 0 unspecified atom stereocenters. The van der Waals surface area contributed by atoms with Crippen molar-refractivity contribution >= 4 is 28.0 Å². The second-order valence-corrected chi connectivity index (χ2v) is 7.75. The second kappa shape index (κ2) is 6.55. The summed E-state index contributed by atoms with van der Waals surface area (Å²) < 4.78 is 12.7. The van der Waals surface area contributed by atoms with Crippen molar-refractivity contribution in [2.45, 2.75) is 57.7 Å². The van der Waals surface area contributed by atoms with Crippen LogP contribution in [0.1, 0.15) is 50.5 Å². The summed E-state index contributed by atoms with van der Waals surface area (Å²) in [7, 11) is 1.35. The van der Waals surface area contributed by atoms with Crippen LogP contribution < -0.4 is 5.32 Å². The van der Waals surface area contributed by atoms with E-state index < -0.39 is 17.7 Å². The smallest absolute Gasteiger partial charge is 0.408 e. The fourth-order valence-corrected chi connectivity index (χ4v) is 3.17. The molecule has 7 heteroatoms. The molecular weight excluding hydrogens is 364 g/mol. The number of aromatic nitrogens is 1. The lowest BCUT2D eigenvalue weighted by atomic mass is 9.76. The van der Waals surface area contributed by atoms with Crippen LogP contribution in [-0.4, -0.2) is 34.9 Å². The first kappa shape index (κ1) is 17.8. The van der Waals surface area contributed by atoms with Crippen molar-refractivity contribution < 1.29 is 19.1 Å². The molecule has 2 rings (SSSR count). The third-order valence-electron chi connectivity index (χ3n) is 3.84. The zero-order valence-corrected chi connectivity index (χ0v) is 15.5. The minimum absolute atomic E-state index is 0.385. The molecule has 0 bridgehead atoms. The minimum atomic E-state index is -0.539. The molecule has 1 amide bonds. The van der Waals surface area contributed by atoms with Crippen molar-refractivity contribution in [1.29, 1.82) is 0 Å². The number of amides is 1. The molecule has 0 spiro atoms. The van der Waals surface area contributed by atoms with Gasteiger partial charge in [0, 0.05) is 12.7 Å². The van der Waals surface area contributed by atoms with E-state index in [9.17, 15) is 9.59 Å². The van der Waals surface area contributed by atoms with Gasteiger partial charge in [-0.25, -0.2) is 9.59 Å². The zero-order valence-electron chi connectivity index (χ0n) is 13.9. The van der Waals surface area contributed by atoms with Crippen LogP contribution in [0.4, 0.5) is 4.79 Å². The van der Waals surface area contributed by atoms with E-state index in [1.54, 1.807) is 6.07 Å². The molecule has 0 aromatic carbocycles. The maximum Gasteiger partial charge on any atom is 0.408 e. The summed E-state index contributed by atoms with van der Waals surface area (Å²) in [5, 5.41) is 2.98. The lowest BCUT2D eigenvalue weighted by Gasteiger charge is -2.43. The van der Waals surface area contributed by atoms with Crippen LogP contribution in [0, 0.1) is 0 Å². The van der Waals surface area contributed by atoms with Gasteiger partial charge in [-0.1, -0.05) is 0 Å². The van der Waals surface area contributed by atoms with Gasteiger partial charge in [-0.2, -0.15) is 0 Å². The van der Waals surface area contributed by atoms with Gasteiger partial charge in [0.1, 0.15) is 11.3 Å². The summed E-state index contributed by atoms with van der Waals surface area (Å²) in [6.45, 7) is 6.00. The van der Waals surface area contributed by atoms with E-state index in [-0.39, 0.29) is 5.54 Å². The first-order valence-corrected chi connectivity index (χ1v) is 8.39. The Labute approximate surface area is 144 Å². The van der Waals surface area contributed by atoms with Crippen LogP contribution in [0.3, 0.4) is 0 Å². The molecular formula is C16H23BrN2O4. The highest BCUT2D eigenvalue weighted by molar-refractivity contribution is 9.10. The van der Waals surface area contributed by atoms with Gasteiger partial charge in [0.2, 0.25) is 0 Å². The molecule has 1 aromatic rings. The van der Waals surface area contributed by atoms with E-state index in [1.165, 1.54) is 7.11 Å². The fourth-order valence-electron chi connectivity index (χ4n) is 2.66. The fraction of sp³-hybridized carbons (Fsp3) is 0.625. The number of hydrogen-bond acceptors (Lipinski definition) is 4. The van der Waals surface area contributed by atoms with Crippen molar-refractivity contribution in [3.63, 3.8) is 0 Å². The molecule has 0 aliphatic heterocycles. The van der Waals surface area contributed by atoms with Crippen LogP contribution in [0.5, 0.6) is 0 Å². The number of hydrogen-bond donors (Lipinski definition) is 1. The second-order valence-electron chi connectivity index (χ2n) is 6.89. The van der Waals surface area contributed by atoms with Crippen LogP contribution in [0.2, 0.25) is 0 Å². The number of ether oxygens (including phenoxy) is 2. The largest absolute Gasteiger partial charge is 0.464 e. The predicted octanol–water partition coefficient (Wildman–Crippen LogP) is 3.48. The van der Waals surface area contributed by atoms with E-state index >= 15 is 0 Å². The lowest BCUT2D eigenvalue weighted by Crippen LogP contribution is -2.57. The highest BCUT2D eigenvalue weighted by Gasteiger charge is 2.40. The predicted molar refractivity (Wildman–Crippen MR) is 89.4 cm³/mol.